The van der Waals surface area contributed by atoms with Crippen molar-refractivity contribution >= 4 is 34.9 Å². The molecular formula is C13H12ClFN2O4. The number of hydrogen-bond acceptors (Lipinski definition) is 4. The van der Waals surface area contributed by atoms with E-state index >= 15 is 0 Å². The van der Waals surface area contributed by atoms with Gasteiger partial charge in [-0.05, 0) is 12.1 Å². The maximum absolute atomic E-state index is 13.9. The van der Waals surface area contributed by atoms with Gasteiger partial charge in [0.25, 0.3) is 11.7 Å². The van der Waals surface area contributed by atoms with Crippen molar-refractivity contribution < 1.29 is 23.5 Å². The van der Waals surface area contributed by atoms with Crippen molar-refractivity contribution in [2.45, 2.75) is 0 Å². The van der Waals surface area contributed by atoms with Crippen molar-refractivity contribution in [3.8, 4) is 0 Å². The zero-order chi connectivity index (χ0) is 15.6. The lowest BCUT2D eigenvalue weighted by atomic mass is 10.1. The quantitative estimate of drug-likeness (QED) is 0.643. The van der Waals surface area contributed by atoms with E-state index in [0.717, 1.165) is 11.0 Å². The molecule has 0 aliphatic carbocycles. The van der Waals surface area contributed by atoms with Crippen molar-refractivity contribution in [3.63, 3.8) is 0 Å². The topological polar surface area (TPSA) is 75.7 Å². The third kappa shape index (κ3) is 2.88. The molecule has 2 amide bonds. The molecule has 1 N–H and O–H groups in total. The fourth-order valence-corrected chi connectivity index (χ4v) is 2.23. The van der Waals surface area contributed by atoms with Crippen LogP contribution >= 0.6 is 11.6 Å². The zero-order valence-corrected chi connectivity index (χ0v) is 11.9. The van der Waals surface area contributed by atoms with Crippen LogP contribution in [0.4, 0.5) is 10.1 Å². The van der Waals surface area contributed by atoms with E-state index in [1.165, 1.54) is 13.2 Å². The number of Topliss-reactive ketones (excluding diaryl/α,β-unsaturated/α-hetero) is 1. The van der Waals surface area contributed by atoms with Gasteiger partial charge in [-0.25, -0.2) is 4.39 Å². The molecule has 0 aromatic heterocycles. The third-order valence-electron chi connectivity index (χ3n) is 2.94. The van der Waals surface area contributed by atoms with Gasteiger partial charge in [-0.1, -0.05) is 11.6 Å². The Morgan fingerprint density at radius 1 is 1.43 bits per heavy atom. The second kappa shape index (κ2) is 6.19. The number of benzene rings is 1. The van der Waals surface area contributed by atoms with Gasteiger partial charge in [0.2, 0.25) is 5.91 Å². The van der Waals surface area contributed by atoms with E-state index < -0.39 is 30.0 Å². The Bertz CT molecular complexity index is 620. The van der Waals surface area contributed by atoms with Crippen molar-refractivity contribution in [2.75, 3.05) is 31.7 Å². The highest BCUT2D eigenvalue weighted by Gasteiger charge is 2.40. The van der Waals surface area contributed by atoms with Crippen LogP contribution in [0, 0.1) is 5.82 Å². The number of carbonyl (C=O) groups is 3. The highest BCUT2D eigenvalue weighted by atomic mass is 35.5. The van der Waals surface area contributed by atoms with Gasteiger partial charge >= 0.3 is 0 Å². The average Bonchev–Trinajstić information content (AvgIpc) is 2.69. The molecule has 0 saturated heterocycles. The largest absolute Gasteiger partial charge is 0.383 e. The number of nitrogens with one attached hydrogen (secondary N) is 1. The van der Waals surface area contributed by atoms with Gasteiger partial charge in [0.05, 0.1) is 22.9 Å². The van der Waals surface area contributed by atoms with Crippen LogP contribution in [0.25, 0.3) is 0 Å². The van der Waals surface area contributed by atoms with Crippen molar-refractivity contribution in [1.82, 2.24) is 5.32 Å². The number of halogens is 2. The van der Waals surface area contributed by atoms with Crippen molar-refractivity contribution in [3.05, 3.63) is 28.5 Å². The lowest BCUT2D eigenvalue weighted by Crippen LogP contribution is -2.41. The summed E-state index contributed by atoms with van der Waals surface area (Å²) in [7, 11) is 1.47. The third-order valence-corrected chi connectivity index (χ3v) is 3.26. The normalized spacial score (nSPS) is 13.6. The number of methoxy groups -OCH3 is 1. The Morgan fingerprint density at radius 3 is 2.81 bits per heavy atom. The Labute approximate surface area is 124 Å². The predicted molar refractivity (Wildman–Crippen MR) is 73.0 cm³/mol. The van der Waals surface area contributed by atoms with Crippen LogP contribution in [0.15, 0.2) is 12.1 Å². The number of hydrogen-bond donors (Lipinski definition) is 1. The molecular weight excluding hydrogens is 303 g/mol. The molecule has 1 aliphatic rings. The summed E-state index contributed by atoms with van der Waals surface area (Å²) in [6, 6.07) is 2.24. The van der Waals surface area contributed by atoms with E-state index in [1.54, 1.807) is 0 Å². The maximum atomic E-state index is 13.9. The van der Waals surface area contributed by atoms with Crippen LogP contribution in [0.3, 0.4) is 0 Å². The minimum atomic E-state index is -0.973. The second-order valence-electron chi connectivity index (χ2n) is 4.32. The van der Waals surface area contributed by atoms with Gasteiger partial charge in [-0.2, -0.15) is 0 Å². The molecule has 1 heterocycles. The summed E-state index contributed by atoms with van der Waals surface area (Å²) in [5.74, 6) is -3.20. The predicted octanol–water partition coefficient (Wildman–Crippen LogP) is 0.771. The average molecular weight is 315 g/mol. The molecule has 0 unspecified atom stereocenters. The molecule has 1 aromatic rings. The first-order valence-corrected chi connectivity index (χ1v) is 6.45. The summed E-state index contributed by atoms with van der Waals surface area (Å²) >= 11 is 5.82. The number of ether oxygens (including phenoxy) is 1. The highest BCUT2D eigenvalue weighted by molar-refractivity contribution is 6.55. The number of rotatable bonds is 5. The van der Waals surface area contributed by atoms with Crippen molar-refractivity contribution in [2.24, 2.45) is 0 Å². The summed E-state index contributed by atoms with van der Waals surface area (Å²) < 4.78 is 18.6. The fourth-order valence-electron chi connectivity index (χ4n) is 1.99. The van der Waals surface area contributed by atoms with E-state index in [9.17, 15) is 18.8 Å². The number of anilines is 1. The summed E-state index contributed by atoms with van der Waals surface area (Å²) in [5, 5.41) is 2.46. The van der Waals surface area contributed by atoms with Crippen LogP contribution in [0.5, 0.6) is 0 Å². The Hall–Kier alpha value is -1.99. The Morgan fingerprint density at radius 2 is 2.14 bits per heavy atom. The molecule has 8 heteroatoms. The first-order chi connectivity index (χ1) is 9.97. The molecule has 0 bridgehead atoms. The van der Waals surface area contributed by atoms with Gasteiger partial charge < -0.3 is 10.1 Å². The highest BCUT2D eigenvalue weighted by Crippen LogP contribution is 2.36. The van der Waals surface area contributed by atoms with E-state index in [2.05, 4.69) is 5.32 Å². The van der Waals surface area contributed by atoms with E-state index in [4.69, 9.17) is 16.3 Å². The lowest BCUT2D eigenvalue weighted by Gasteiger charge is -2.16. The molecule has 6 nitrogen and oxygen atoms in total. The maximum Gasteiger partial charge on any atom is 0.300 e. The fraction of sp³-hybridized carbons (Fsp3) is 0.308. The monoisotopic (exact) mass is 314 g/mol. The number of amides is 2. The number of carbonyl (C=O) groups excluding carboxylic acids is 3. The van der Waals surface area contributed by atoms with Crippen LogP contribution in [-0.4, -0.2) is 44.4 Å². The summed E-state index contributed by atoms with van der Waals surface area (Å²) in [5.41, 5.74) is -0.453. The van der Waals surface area contributed by atoms with Gasteiger partial charge in [-0.3, -0.25) is 19.3 Å². The molecule has 0 spiro atoms. The SMILES string of the molecule is COCCNC(=O)CN1C(=O)C(=O)c2c(Cl)ccc(F)c21. The summed E-state index contributed by atoms with van der Waals surface area (Å²) in [6.07, 6.45) is 0. The molecule has 1 aliphatic heterocycles. The molecule has 21 heavy (non-hydrogen) atoms. The van der Waals surface area contributed by atoms with Crippen LogP contribution in [-0.2, 0) is 14.3 Å². The zero-order valence-electron chi connectivity index (χ0n) is 11.1. The van der Waals surface area contributed by atoms with E-state index in [0.29, 0.717) is 6.61 Å². The molecule has 0 radical (unpaired) electrons. The molecule has 2 rings (SSSR count). The Balaban J connectivity index is 2.23. The first kappa shape index (κ1) is 15.4. The molecule has 1 aromatic carbocycles. The second-order valence-corrected chi connectivity index (χ2v) is 4.72. The lowest BCUT2D eigenvalue weighted by molar-refractivity contribution is -0.122. The van der Waals surface area contributed by atoms with Crippen LogP contribution < -0.4 is 10.2 Å². The molecule has 0 saturated carbocycles. The summed E-state index contributed by atoms with van der Waals surface area (Å²) in [4.78, 5) is 36.2. The number of fused-ring (bicyclic) bond motifs is 1. The molecule has 0 fully saturated rings. The Kier molecular flexibility index (Phi) is 4.54. The smallest absolute Gasteiger partial charge is 0.300 e. The standard InChI is InChI=1S/C13H12ClFN2O4/c1-21-5-4-16-9(18)6-17-11-8(15)3-2-7(14)10(11)12(19)13(17)20/h2-3H,4-6H2,1H3,(H,16,18). The molecule has 0 atom stereocenters. The van der Waals surface area contributed by atoms with E-state index in [-0.39, 0.29) is 22.8 Å². The minimum Gasteiger partial charge on any atom is -0.383 e. The van der Waals surface area contributed by atoms with Crippen LogP contribution in [0.1, 0.15) is 10.4 Å². The van der Waals surface area contributed by atoms with E-state index in [1.807, 2.05) is 0 Å². The first-order valence-electron chi connectivity index (χ1n) is 6.07. The minimum absolute atomic E-state index is 0.0213. The molecule has 112 valence electrons. The number of ketones is 1. The van der Waals surface area contributed by atoms with Gasteiger partial charge in [0.15, 0.2) is 0 Å². The van der Waals surface area contributed by atoms with Gasteiger partial charge in [-0.15, -0.1) is 0 Å². The van der Waals surface area contributed by atoms with Gasteiger partial charge in [0.1, 0.15) is 12.4 Å². The van der Waals surface area contributed by atoms with Crippen molar-refractivity contribution in [1.29, 1.82) is 0 Å². The summed E-state index contributed by atoms with van der Waals surface area (Å²) in [6.45, 7) is 0.0874. The van der Waals surface area contributed by atoms with Gasteiger partial charge in [0, 0.05) is 13.7 Å². The number of nitrogens with zero attached hydrogens (tertiary/aromatic N) is 1. The van der Waals surface area contributed by atoms with Crippen LogP contribution in [0.2, 0.25) is 5.02 Å².